The van der Waals surface area contributed by atoms with Gasteiger partial charge in [-0.3, -0.25) is 19.8 Å². The monoisotopic (exact) mass is 362 g/mol. The van der Waals surface area contributed by atoms with E-state index in [9.17, 15) is 13.2 Å². The van der Waals surface area contributed by atoms with Crippen LogP contribution in [0, 0.1) is 0 Å². The quantitative estimate of drug-likeness (QED) is 0.634. The van der Waals surface area contributed by atoms with E-state index in [1.165, 1.54) is 6.33 Å². The molecule has 1 aromatic carbocycles. The van der Waals surface area contributed by atoms with Gasteiger partial charge in [0, 0.05) is 18.5 Å². The zero-order valence-electron chi connectivity index (χ0n) is 13.4. The van der Waals surface area contributed by atoms with Gasteiger partial charge in [0.05, 0.1) is 4.90 Å². The van der Waals surface area contributed by atoms with E-state index < -0.39 is 10.0 Å². The number of unbranched alkanes of at least 4 members (excludes halogenated alkanes) is 2. The van der Waals surface area contributed by atoms with Crippen LogP contribution in [0.5, 0.6) is 0 Å². The predicted octanol–water partition coefficient (Wildman–Crippen LogP) is 1.04. The summed E-state index contributed by atoms with van der Waals surface area (Å²) in [4.78, 5) is 20.1. The fraction of sp³-hybridized carbons (Fsp3) is 0.333. The van der Waals surface area contributed by atoms with Crippen molar-refractivity contribution in [3.8, 4) is 0 Å². The van der Waals surface area contributed by atoms with Crippen LogP contribution in [-0.4, -0.2) is 41.9 Å². The van der Waals surface area contributed by atoms with Crippen LogP contribution in [-0.2, 0) is 14.8 Å². The fourth-order valence-electron chi connectivity index (χ4n) is 2.48. The number of carbonyl (C=O) groups is 1. The van der Waals surface area contributed by atoms with Crippen molar-refractivity contribution >= 4 is 27.7 Å². The van der Waals surface area contributed by atoms with E-state index in [1.807, 2.05) is 0 Å². The summed E-state index contributed by atoms with van der Waals surface area (Å²) in [6.07, 6.45) is 4.00. The Morgan fingerprint density at radius 2 is 2.04 bits per heavy atom. The van der Waals surface area contributed by atoms with Gasteiger partial charge < -0.3 is 0 Å². The second kappa shape index (κ2) is 7.43. The standard InChI is InChI=1S/C15H18N6O3S/c22-13(19-15-17-10-18-20-15)8-2-1-5-9-16-14-11-6-3-4-7-12(11)25(23,24)21-14/h3-4,6-7,10H,1-2,5,8-9H2,(H,16,21)(H2,17,18,19,20,22). The lowest BCUT2D eigenvalue weighted by molar-refractivity contribution is -0.116. The molecule has 0 saturated carbocycles. The molecule has 1 aliphatic rings. The number of aliphatic imine (C=N–C) groups is 1. The zero-order valence-corrected chi connectivity index (χ0v) is 14.2. The largest absolute Gasteiger partial charge is 0.295 e. The van der Waals surface area contributed by atoms with Crippen molar-refractivity contribution in [2.75, 3.05) is 11.9 Å². The van der Waals surface area contributed by atoms with E-state index in [-0.39, 0.29) is 10.8 Å². The van der Waals surface area contributed by atoms with Crippen LogP contribution < -0.4 is 10.0 Å². The van der Waals surface area contributed by atoms with E-state index in [1.54, 1.807) is 24.3 Å². The van der Waals surface area contributed by atoms with Gasteiger partial charge in [0.2, 0.25) is 11.9 Å². The number of sulfonamides is 1. The first-order valence-corrected chi connectivity index (χ1v) is 9.36. The van der Waals surface area contributed by atoms with Gasteiger partial charge in [-0.15, -0.1) is 0 Å². The first-order chi connectivity index (χ1) is 12.1. The van der Waals surface area contributed by atoms with E-state index in [2.05, 4.69) is 30.2 Å². The maximum absolute atomic E-state index is 12.0. The predicted molar refractivity (Wildman–Crippen MR) is 91.6 cm³/mol. The van der Waals surface area contributed by atoms with Crippen LogP contribution >= 0.6 is 0 Å². The number of carbonyl (C=O) groups excluding carboxylic acids is 1. The number of nitrogens with one attached hydrogen (secondary N) is 3. The van der Waals surface area contributed by atoms with Crippen molar-refractivity contribution in [2.45, 2.75) is 30.6 Å². The average molecular weight is 362 g/mol. The van der Waals surface area contributed by atoms with Crippen LogP contribution in [0.3, 0.4) is 0 Å². The molecule has 1 amide bonds. The van der Waals surface area contributed by atoms with Crippen molar-refractivity contribution in [3.63, 3.8) is 0 Å². The van der Waals surface area contributed by atoms with Crippen molar-refractivity contribution in [2.24, 2.45) is 4.99 Å². The molecular weight excluding hydrogens is 344 g/mol. The summed E-state index contributed by atoms with van der Waals surface area (Å²) < 4.78 is 26.4. The molecule has 0 bridgehead atoms. The summed E-state index contributed by atoms with van der Waals surface area (Å²) in [7, 11) is -3.49. The van der Waals surface area contributed by atoms with E-state index in [0.717, 1.165) is 12.8 Å². The number of rotatable bonds is 7. The second-order valence-corrected chi connectivity index (χ2v) is 7.18. The zero-order chi connectivity index (χ0) is 17.7. The second-order valence-electron chi connectivity index (χ2n) is 5.52. The molecule has 0 spiro atoms. The summed E-state index contributed by atoms with van der Waals surface area (Å²) in [6, 6.07) is 6.77. The number of anilines is 1. The fourth-order valence-corrected chi connectivity index (χ4v) is 3.73. The third kappa shape index (κ3) is 4.21. The third-order valence-electron chi connectivity index (χ3n) is 3.67. The SMILES string of the molecule is O=C(CCCCCN=C1NS(=O)(=O)c2ccccc21)Nc1ncn[nH]1. The number of H-pyrrole nitrogens is 1. The number of nitrogens with zero attached hydrogens (tertiary/aromatic N) is 3. The van der Waals surface area contributed by atoms with E-state index >= 15 is 0 Å². The number of aromatic amines is 1. The number of fused-ring (bicyclic) bond motifs is 1. The molecule has 0 atom stereocenters. The molecule has 3 rings (SSSR count). The summed E-state index contributed by atoms with van der Waals surface area (Å²) in [5, 5.41) is 8.81. The minimum atomic E-state index is -3.49. The van der Waals surface area contributed by atoms with Crippen LogP contribution in [0.2, 0.25) is 0 Å². The number of benzene rings is 1. The molecule has 2 heterocycles. The smallest absolute Gasteiger partial charge is 0.263 e. The topological polar surface area (TPSA) is 129 Å². The van der Waals surface area contributed by atoms with Crippen LogP contribution in [0.4, 0.5) is 5.95 Å². The highest BCUT2D eigenvalue weighted by atomic mass is 32.2. The van der Waals surface area contributed by atoms with E-state index in [4.69, 9.17) is 0 Å². The molecule has 0 aliphatic carbocycles. The Morgan fingerprint density at radius 1 is 1.20 bits per heavy atom. The molecule has 0 saturated heterocycles. The molecule has 1 aliphatic heterocycles. The molecule has 2 aromatic rings. The highest BCUT2D eigenvalue weighted by Gasteiger charge is 2.29. The minimum absolute atomic E-state index is 0.124. The lowest BCUT2D eigenvalue weighted by atomic mass is 10.2. The normalized spacial score (nSPS) is 16.4. The summed E-state index contributed by atoms with van der Waals surface area (Å²) in [5.74, 6) is 0.600. The van der Waals surface area contributed by atoms with Gasteiger partial charge in [-0.1, -0.05) is 18.6 Å². The van der Waals surface area contributed by atoms with Gasteiger partial charge >= 0.3 is 0 Å². The van der Waals surface area contributed by atoms with Gasteiger partial charge in [0.25, 0.3) is 10.0 Å². The average Bonchev–Trinajstić information content (AvgIpc) is 3.18. The van der Waals surface area contributed by atoms with E-state index in [0.29, 0.717) is 36.7 Å². The van der Waals surface area contributed by atoms with Gasteiger partial charge in [-0.2, -0.15) is 10.1 Å². The molecule has 0 unspecified atom stereocenters. The van der Waals surface area contributed by atoms with Crippen LogP contribution in [0.15, 0.2) is 40.5 Å². The maximum Gasteiger partial charge on any atom is 0.263 e. The number of hydrogen-bond donors (Lipinski definition) is 3. The Labute approximate surface area is 145 Å². The number of amidine groups is 1. The first-order valence-electron chi connectivity index (χ1n) is 7.88. The molecule has 132 valence electrons. The summed E-state index contributed by atoms with van der Waals surface area (Å²) in [5.41, 5.74) is 0.605. The molecule has 9 nitrogen and oxygen atoms in total. The van der Waals surface area contributed by atoms with Crippen molar-refractivity contribution in [3.05, 3.63) is 36.2 Å². The van der Waals surface area contributed by atoms with Crippen LogP contribution in [0.25, 0.3) is 0 Å². The Morgan fingerprint density at radius 3 is 2.84 bits per heavy atom. The molecule has 0 radical (unpaired) electrons. The first kappa shape index (κ1) is 17.1. The Balaban J connectivity index is 1.42. The van der Waals surface area contributed by atoms with Crippen molar-refractivity contribution in [1.29, 1.82) is 0 Å². The Hall–Kier alpha value is -2.75. The number of amides is 1. The number of aromatic nitrogens is 3. The van der Waals surface area contributed by atoms with Gasteiger partial charge in [0.1, 0.15) is 12.2 Å². The molecule has 0 fully saturated rings. The van der Waals surface area contributed by atoms with Gasteiger partial charge in [0.15, 0.2) is 0 Å². The Bertz CT molecular complexity index is 876. The highest BCUT2D eigenvalue weighted by molar-refractivity contribution is 7.90. The van der Waals surface area contributed by atoms with Crippen molar-refractivity contribution < 1.29 is 13.2 Å². The summed E-state index contributed by atoms with van der Waals surface area (Å²) >= 11 is 0. The molecular formula is C15H18N6O3S. The number of hydrogen-bond acceptors (Lipinski definition) is 6. The molecule has 10 heteroatoms. The van der Waals surface area contributed by atoms with Gasteiger partial charge in [-0.25, -0.2) is 13.5 Å². The minimum Gasteiger partial charge on any atom is -0.295 e. The molecule has 25 heavy (non-hydrogen) atoms. The van der Waals surface area contributed by atoms with Crippen LogP contribution in [0.1, 0.15) is 31.2 Å². The van der Waals surface area contributed by atoms with Gasteiger partial charge in [-0.05, 0) is 25.0 Å². The molecule has 3 N–H and O–H groups in total. The maximum atomic E-state index is 12.0. The lowest BCUT2D eigenvalue weighted by Gasteiger charge is -2.02. The van der Waals surface area contributed by atoms with Crippen molar-refractivity contribution in [1.82, 2.24) is 19.9 Å². The molecule has 1 aromatic heterocycles. The summed E-state index contributed by atoms with van der Waals surface area (Å²) in [6.45, 7) is 0.496. The third-order valence-corrected chi connectivity index (χ3v) is 5.06. The lowest BCUT2D eigenvalue weighted by Crippen LogP contribution is -2.22. The Kier molecular flexibility index (Phi) is 5.08. The highest BCUT2D eigenvalue weighted by Crippen LogP contribution is 2.22.